The molecule has 3 aromatic rings. The fourth-order valence-corrected chi connectivity index (χ4v) is 2.83. The molecule has 0 saturated heterocycles. The van der Waals surface area contributed by atoms with Gasteiger partial charge >= 0.3 is 0 Å². The van der Waals surface area contributed by atoms with Gasteiger partial charge in [-0.1, -0.05) is 42.5 Å². The third kappa shape index (κ3) is 5.63. The molecule has 7 heteroatoms. The average molecular weight is 391 g/mol. The predicted octanol–water partition coefficient (Wildman–Crippen LogP) is 3.49. The van der Waals surface area contributed by atoms with Crippen LogP contribution in [-0.2, 0) is 17.9 Å². The van der Waals surface area contributed by atoms with Crippen LogP contribution in [0.15, 0.2) is 78.9 Å². The van der Waals surface area contributed by atoms with E-state index in [1.54, 1.807) is 12.1 Å². The van der Waals surface area contributed by atoms with Crippen LogP contribution in [0.3, 0.4) is 0 Å². The van der Waals surface area contributed by atoms with E-state index in [1.807, 2.05) is 54.6 Å². The molecule has 0 bridgehead atoms. The van der Waals surface area contributed by atoms with E-state index in [0.29, 0.717) is 18.9 Å². The van der Waals surface area contributed by atoms with Crippen LogP contribution in [0.2, 0.25) is 0 Å². The predicted molar refractivity (Wildman–Crippen MR) is 109 cm³/mol. The SMILES string of the molecule is NC(=O)[C@@H](NCc1ccc(OCc2ccc([N+](=O)[O-])cc2)cc1)c1ccccc1. The van der Waals surface area contributed by atoms with Crippen LogP contribution >= 0.6 is 0 Å². The molecule has 0 heterocycles. The Hall–Kier alpha value is -3.71. The molecule has 29 heavy (non-hydrogen) atoms. The Labute approximate surface area is 168 Å². The summed E-state index contributed by atoms with van der Waals surface area (Å²) in [6.45, 7) is 0.790. The zero-order valence-corrected chi connectivity index (χ0v) is 15.7. The van der Waals surface area contributed by atoms with Crippen molar-refractivity contribution in [2.24, 2.45) is 5.73 Å². The van der Waals surface area contributed by atoms with Gasteiger partial charge in [0.2, 0.25) is 5.91 Å². The zero-order valence-electron chi connectivity index (χ0n) is 15.7. The van der Waals surface area contributed by atoms with Gasteiger partial charge in [0.05, 0.1) is 4.92 Å². The Morgan fingerprint density at radius 3 is 2.17 bits per heavy atom. The molecule has 0 aromatic heterocycles. The summed E-state index contributed by atoms with van der Waals surface area (Å²) in [7, 11) is 0. The summed E-state index contributed by atoms with van der Waals surface area (Å²) in [5, 5.41) is 13.9. The second-order valence-corrected chi connectivity index (χ2v) is 6.48. The molecule has 7 nitrogen and oxygen atoms in total. The van der Waals surface area contributed by atoms with E-state index in [4.69, 9.17) is 10.5 Å². The number of carbonyl (C=O) groups is 1. The van der Waals surface area contributed by atoms with Gasteiger partial charge in [-0.3, -0.25) is 20.2 Å². The smallest absolute Gasteiger partial charge is 0.269 e. The van der Waals surface area contributed by atoms with Crippen molar-refractivity contribution >= 4 is 11.6 Å². The lowest BCUT2D eigenvalue weighted by molar-refractivity contribution is -0.384. The Morgan fingerprint density at radius 1 is 0.966 bits per heavy atom. The maximum Gasteiger partial charge on any atom is 0.269 e. The van der Waals surface area contributed by atoms with Gasteiger partial charge in [-0.05, 0) is 41.0 Å². The average Bonchev–Trinajstić information content (AvgIpc) is 2.74. The zero-order chi connectivity index (χ0) is 20.6. The van der Waals surface area contributed by atoms with E-state index in [0.717, 1.165) is 16.7 Å². The van der Waals surface area contributed by atoms with Crippen molar-refractivity contribution in [3.63, 3.8) is 0 Å². The number of nitro benzene ring substituents is 1. The lowest BCUT2D eigenvalue weighted by Gasteiger charge is -2.16. The fourth-order valence-electron chi connectivity index (χ4n) is 2.83. The van der Waals surface area contributed by atoms with Crippen LogP contribution < -0.4 is 15.8 Å². The van der Waals surface area contributed by atoms with E-state index in [9.17, 15) is 14.9 Å². The summed E-state index contributed by atoms with van der Waals surface area (Å²) in [4.78, 5) is 22.0. The van der Waals surface area contributed by atoms with E-state index in [2.05, 4.69) is 5.32 Å². The number of nitro groups is 1. The van der Waals surface area contributed by atoms with Crippen molar-refractivity contribution in [1.29, 1.82) is 0 Å². The first-order valence-electron chi connectivity index (χ1n) is 9.05. The van der Waals surface area contributed by atoms with Crippen molar-refractivity contribution in [1.82, 2.24) is 5.32 Å². The summed E-state index contributed by atoms with van der Waals surface area (Å²) in [5.74, 6) is 0.251. The highest BCUT2D eigenvalue weighted by molar-refractivity contribution is 5.81. The second-order valence-electron chi connectivity index (χ2n) is 6.48. The van der Waals surface area contributed by atoms with E-state index >= 15 is 0 Å². The first kappa shape index (κ1) is 20.0. The quantitative estimate of drug-likeness (QED) is 0.429. The molecule has 0 aliphatic rings. The first-order chi connectivity index (χ1) is 14.0. The Kier molecular flexibility index (Phi) is 6.55. The summed E-state index contributed by atoms with van der Waals surface area (Å²) in [6.07, 6.45) is 0. The minimum atomic E-state index is -0.561. The standard InChI is InChI=1S/C22H21N3O4/c23-22(26)21(18-4-2-1-3-5-18)24-14-16-8-12-20(13-9-16)29-15-17-6-10-19(11-7-17)25(27)28/h1-13,21,24H,14-15H2,(H2,23,26)/t21-/m0/s1. The fraction of sp³-hybridized carbons (Fsp3) is 0.136. The molecule has 3 N–H and O–H groups in total. The summed E-state index contributed by atoms with van der Waals surface area (Å²) < 4.78 is 5.72. The van der Waals surface area contributed by atoms with Crippen molar-refractivity contribution < 1.29 is 14.5 Å². The number of amides is 1. The van der Waals surface area contributed by atoms with Gasteiger partial charge in [0, 0.05) is 18.7 Å². The molecule has 0 radical (unpaired) electrons. The normalized spacial score (nSPS) is 11.6. The van der Waals surface area contributed by atoms with Crippen LogP contribution in [0, 0.1) is 10.1 Å². The number of hydrogen-bond donors (Lipinski definition) is 2. The molecule has 0 fully saturated rings. The highest BCUT2D eigenvalue weighted by Gasteiger charge is 2.16. The Bertz CT molecular complexity index is 958. The van der Waals surface area contributed by atoms with Gasteiger partial charge in [0.1, 0.15) is 18.4 Å². The number of hydrogen-bond acceptors (Lipinski definition) is 5. The van der Waals surface area contributed by atoms with Crippen LogP contribution in [0.5, 0.6) is 5.75 Å². The number of nitrogens with one attached hydrogen (secondary N) is 1. The van der Waals surface area contributed by atoms with Crippen molar-refractivity contribution in [2.75, 3.05) is 0 Å². The number of carbonyl (C=O) groups excluding carboxylic acids is 1. The highest BCUT2D eigenvalue weighted by Crippen LogP contribution is 2.18. The molecule has 1 amide bonds. The summed E-state index contributed by atoms with van der Waals surface area (Å²) >= 11 is 0. The Morgan fingerprint density at radius 2 is 1.59 bits per heavy atom. The van der Waals surface area contributed by atoms with Crippen molar-refractivity contribution in [3.8, 4) is 5.75 Å². The number of non-ortho nitro benzene ring substituents is 1. The molecule has 0 aliphatic heterocycles. The Balaban J connectivity index is 1.54. The van der Waals surface area contributed by atoms with Gasteiger partial charge in [0.25, 0.3) is 5.69 Å². The monoisotopic (exact) mass is 391 g/mol. The van der Waals surface area contributed by atoms with Gasteiger partial charge in [-0.25, -0.2) is 0 Å². The van der Waals surface area contributed by atoms with Crippen LogP contribution in [0.1, 0.15) is 22.7 Å². The molecule has 0 saturated carbocycles. The molecular formula is C22H21N3O4. The maximum absolute atomic E-state index is 11.8. The van der Waals surface area contributed by atoms with Crippen molar-refractivity contribution in [2.45, 2.75) is 19.2 Å². The molecule has 0 aliphatic carbocycles. The van der Waals surface area contributed by atoms with E-state index < -0.39 is 16.9 Å². The molecule has 1 atom stereocenters. The molecule has 0 spiro atoms. The number of nitrogens with zero attached hydrogens (tertiary/aromatic N) is 1. The number of primary amides is 1. The van der Waals surface area contributed by atoms with Crippen LogP contribution in [0.25, 0.3) is 0 Å². The largest absolute Gasteiger partial charge is 0.489 e. The highest BCUT2D eigenvalue weighted by atomic mass is 16.6. The van der Waals surface area contributed by atoms with Crippen molar-refractivity contribution in [3.05, 3.63) is 106 Å². The third-order valence-corrected chi connectivity index (χ3v) is 4.40. The van der Waals surface area contributed by atoms with E-state index in [1.165, 1.54) is 12.1 Å². The maximum atomic E-state index is 11.8. The molecule has 3 rings (SSSR count). The van der Waals surface area contributed by atoms with Crippen LogP contribution in [-0.4, -0.2) is 10.8 Å². The molecule has 0 unspecified atom stereocenters. The number of ether oxygens (including phenoxy) is 1. The number of nitrogens with two attached hydrogens (primary N) is 1. The first-order valence-corrected chi connectivity index (χ1v) is 9.05. The lowest BCUT2D eigenvalue weighted by Crippen LogP contribution is -2.33. The second kappa shape index (κ2) is 9.48. The number of benzene rings is 3. The minimum absolute atomic E-state index is 0.0513. The molecule has 148 valence electrons. The van der Waals surface area contributed by atoms with Gasteiger partial charge < -0.3 is 10.5 Å². The molecular weight excluding hydrogens is 370 g/mol. The third-order valence-electron chi connectivity index (χ3n) is 4.40. The lowest BCUT2D eigenvalue weighted by atomic mass is 10.1. The minimum Gasteiger partial charge on any atom is -0.489 e. The summed E-state index contributed by atoms with van der Waals surface area (Å²) in [5.41, 5.74) is 8.22. The number of rotatable bonds is 9. The summed E-state index contributed by atoms with van der Waals surface area (Å²) in [6, 6.07) is 22.5. The van der Waals surface area contributed by atoms with Gasteiger partial charge in [-0.2, -0.15) is 0 Å². The molecule has 3 aromatic carbocycles. The van der Waals surface area contributed by atoms with Gasteiger partial charge in [-0.15, -0.1) is 0 Å². The van der Waals surface area contributed by atoms with E-state index in [-0.39, 0.29) is 5.69 Å². The van der Waals surface area contributed by atoms with Gasteiger partial charge in [0.15, 0.2) is 0 Å². The van der Waals surface area contributed by atoms with Crippen LogP contribution in [0.4, 0.5) is 5.69 Å². The topological polar surface area (TPSA) is 107 Å².